The summed E-state index contributed by atoms with van der Waals surface area (Å²) in [5.74, 6) is 0.995. The molecule has 21 heavy (non-hydrogen) atoms. The monoisotopic (exact) mass is 313 g/mol. The van der Waals surface area contributed by atoms with Crippen molar-refractivity contribution in [2.45, 2.75) is 25.0 Å². The Labute approximate surface area is 127 Å². The molecular formula is C13H19N3O4S. The lowest BCUT2D eigenvalue weighted by atomic mass is 9.99. The third kappa shape index (κ3) is 2.62. The molecule has 3 aliphatic heterocycles. The molecule has 0 saturated carbocycles. The number of thioether (sulfide) groups is 1. The van der Waals surface area contributed by atoms with E-state index in [4.69, 9.17) is 4.74 Å². The molecule has 3 saturated heterocycles. The Balaban J connectivity index is 1.65. The fourth-order valence-electron chi connectivity index (χ4n) is 2.93. The van der Waals surface area contributed by atoms with Crippen LogP contribution in [0.5, 0.6) is 0 Å². The van der Waals surface area contributed by atoms with Crippen molar-refractivity contribution in [3.8, 4) is 0 Å². The van der Waals surface area contributed by atoms with Crippen molar-refractivity contribution in [3.05, 3.63) is 0 Å². The van der Waals surface area contributed by atoms with E-state index in [1.807, 2.05) is 6.92 Å². The number of urea groups is 1. The highest BCUT2D eigenvalue weighted by atomic mass is 32.2. The number of nitrogens with zero attached hydrogens (tertiary/aromatic N) is 2. The highest BCUT2D eigenvalue weighted by Crippen LogP contribution is 2.33. The van der Waals surface area contributed by atoms with Crippen LogP contribution in [0.4, 0.5) is 4.79 Å². The molecule has 3 fully saturated rings. The summed E-state index contributed by atoms with van der Waals surface area (Å²) in [5.41, 5.74) is -0.777. The van der Waals surface area contributed by atoms with Crippen LogP contribution in [0.1, 0.15) is 13.3 Å². The molecule has 1 spiro atoms. The second-order valence-electron chi connectivity index (χ2n) is 5.73. The predicted molar refractivity (Wildman–Crippen MR) is 76.9 cm³/mol. The van der Waals surface area contributed by atoms with Gasteiger partial charge in [-0.05, 0) is 19.1 Å². The zero-order valence-electron chi connectivity index (χ0n) is 12.0. The molecule has 2 atom stereocenters. The first-order valence-corrected chi connectivity index (χ1v) is 8.28. The van der Waals surface area contributed by atoms with Gasteiger partial charge in [0, 0.05) is 18.8 Å². The van der Waals surface area contributed by atoms with Crippen LogP contribution in [0.15, 0.2) is 0 Å². The van der Waals surface area contributed by atoms with Crippen LogP contribution in [-0.4, -0.2) is 77.0 Å². The highest BCUT2D eigenvalue weighted by molar-refractivity contribution is 7.99. The molecule has 116 valence electrons. The van der Waals surface area contributed by atoms with Gasteiger partial charge in [-0.25, -0.2) is 4.79 Å². The standard InChI is InChI=1S/C13H19N3O4S/c1-9-6-15(3-4-20-9)10(17)7-16-11(18)13(14-12(16)19)2-5-21-8-13/h9H,2-8H2,1H3,(H,14,19)/t9-,13+/m1/s1. The van der Waals surface area contributed by atoms with Crippen LogP contribution >= 0.6 is 11.8 Å². The second-order valence-corrected chi connectivity index (χ2v) is 6.83. The minimum absolute atomic E-state index is 0.0108. The smallest absolute Gasteiger partial charge is 0.325 e. The molecular weight excluding hydrogens is 294 g/mol. The van der Waals surface area contributed by atoms with E-state index in [9.17, 15) is 14.4 Å². The molecule has 0 aromatic rings. The molecule has 1 N–H and O–H groups in total. The number of carbonyl (C=O) groups is 3. The minimum Gasteiger partial charge on any atom is -0.375 e. The average Bonchev–Trinajstić information content (AvgIpc) is 3.00. The third-order valence-electron chi connectivity index (χ3n) is 4.15. The average molecular weight is 313 g/mol. The molecule has 0 aliphatic carbocycles. The first-order valence-electron chi connectivity index (χ1n) is 7.13. The van der Waals surface area contributed by atoms with Gasteiger partial charge in [0.25, 0.3) is 5.91 Å². The van der Waals surface area contributed by atoms with E-state index < -0.39 is 11.6 Å². The number of nitrogens with one attached hydrogen (secondary N) is 1. The van der Waals surface area contributed by atoms with E-state index in [1.54, 1.807) is 16.7 Å². The highest BCUT2D eigenvalue weighted by Gasteiger charge is 2.53. The van der Waals surface area contributed by atoms with Crippen molar-refractivity contribution in [1.29, 1.82) is 0 Å². The lowest BCUT2D eigenvalue weighted by molar-refractivity contribution is -0.142. The summed E-state index contributed by atoms with van der Waals surface area (Å²) in [6, 6.07) is -0.447. The van der Waals surface area contributed by atoms with Crippen LogP contribution in [0.25, 0.3) is 0 Å². The van der Waals surface area contributed by atoms with Crippen LogP contribution in [0.2, 0.25) is 0 Å². The number of imide groups is 1. The summed E-state index contributed by atoms with van der Waals surface area (Å²) in [6.45, 7) is 3.23. The molecule has 0 aromatic heterocycles. The van der Waals surface area contributed by atoms with Crippen LogP contribution in [-0.2, 0) is 14.3 Å². The maximum Gasteiger partial charge on any atom is 0.325 e. The minimum atomic E-state index is -0.777. The van der Waals surface area contributed by atoms with Crippen molar-refractivity contribution < 1.29 is 19.1 Å². The molecule has 7 nitrogen and oxygen atoms in total. The van der Waals surface area contributed by atoms with Crippen molar-refractivity contribution in [3.63, 3.8) is 0 Å². The second kappa shape index (κ2) is 5.49. The van der Waals surface area contributed by atoms with E-state index in [2.05, 4.69) is 5.32 Å². The van der Waals surface area contributed by atoms with Crippen LogP contribution < -0.4 is 5.32 Å². The number of amides is 4. The summed E-state index contributed by atoms with van der Waals surface area (Å²) in [6.07, 6.45) is 0.630. The van der Waals surface area contributed by atoms with Gasteiger partial charge in [-0.1, -0.05) is 0 Å². The van der Waals surface area contributed by atoms with Gasteiger partial charge in [-0.15, -0.1) is 0 Å². The first kappa shape index (κ1) is 14.6. The number of hydrogen-bond acceptors (Lipinski definition) is 5. The van der Waals surface area contributed by atoms with E-state index in [0.717, 1.165) is 10.7 Å². The van der Waals surface area contributed by atoms with Gasteiger partial charge in [-0.2, -0.15) is 11.8 Å². The fraction of sp³-hybridized carbons (Fsp3) is 0.769. The Bertz CT molecular complexity index is 478. The van der Waals surface area contributed by atoms with Crippen molar-refractivity contribution >= 4 is 29.6 Å². The van der Waals surface area contributed by atoms with Gasteiger partial charge in [0.1, 0.15) is 12.1 Å². The van der Waals surface area contributed by atoms with Gasteiger partial charge in [0.15, 0.2) is 0 Å². The lowest BCUT2D eigenvalue weighted by Crippen LogP contribution is -2.50. The van der Waals surface area contributed by atoms with Crippen molar-refractivity contribution in [2.75, 3.05) is 37.7 Å². The maximum absolute atomic E-state index is 12.5. The number of morpholine rings is 1. The summed E-state index contributed by atoms with van der Waals surface area (Å²) in [5, 5.41) is 2.77. The van der Waals surface area contributed by atoms with Gasteiger partial charge >= 0.3 is 6.03 Å². The Morgan fingerprint density at radius 3 is 3.00 bits per heavy atom. The van der Waals surface area contributed by atoms with E-state index >= 15 is 0 Å². The quantitative estimate of drug-likeness (QED) is 0.706. The molecule has 0 bridgehead atoms. The summed E-state index contributed by atoms with van der Waals surface area (Å²) in [4.78, 5) is 39.5. The van der Waals surface area contributed by atoms with Gasteiger partial charge < -0.3 is 15.0 Å². The Morgan fingerprint density at radius 2 is 2.33 bits per heavy atom. The Kier molecular flexibility index (Phi) is 3.83. The number of ether oxygens (including phenoxy) is 1. The molecule has 8 heteroatoms. The summed E-state index contributed by atoms with van der Waals surface area (Å²) >= 11 is 1.65. The largest absolute Gasteiger partial charge is 0.375 e. The van der Waals surface area contributed by atoms with E-state index in [1.165, 1.54) is 0 Å². The summed E-state index contributed by atoms with van der Waals surface area (Å²) < 4.78 is 5.39. The molecule has 3 rings (SSSR count). The van der Waals surface area contributed by atoms with Crippen LogP contribution in [0, 0.1) is 0 Å². The molecule has 0 aromatic carbocycles. The molecule has 3 heterocycles. The topological polar surface area (TPSA) is 79.0 Å². The zero-order chi connectivity index (χ0) is 15.0. The lowest BCUT2D eigenvalue weighted by Gasteiger charge is -2.32. The fourth-order valence-corrected chi connectivity index (χ4v) is 4.26. The maximum atomic E-state index is 12.5. The van der Waals surface area contributed by atoms with E-state index in [-0.39, 0.29) is 24.5 Å². The van der Waals surface area contributed by atoms with Crippen molar-refractivity contribution in [1.82, 2.24) is 15.1 Å². The Morgan fingerprint density at radius 1 is 1.52 bits per heavy atom. The van der Waals surface area contributed by atoms with E-state index in [0.29, 0.717) is 31.9 Å². The predicted octanol–water partition coefficient (Wildman–Crippen LogP) is -0.339. The SMILES string of the molecule is C[C@@H]1CN(C(=O)CN2C(=O)N[C@]3(CCSC3)C2=O)CCO1. The van der Waals surface area contributed by atoms with Gasteiger partial charge in [-0.3, -0.25) is 14.5 Å². The van der Waals surface area contributed by atoms with Crippen LogP contribution in [0.3, 0.4) is 0 Å². The molecule has 0 radical (unpaired) electrons. The van der Waals surface area contributed by atoms with Gasteiger partial charge in [0.05, 0.1) is 12.7 Å². The zero-order valence-corrected chi connectivity index (χ0v) is 12.8. The number of carbonyl (C=O) groups excluding carboxylic acids is 3. The Hall–Kier alpha value is -1.28. The first-order chi connectivity index (χ1) is 10.0. The third-order valence-corrected chi connectivity index (χ3v) is 5.34. The van der Waals surface area contributed by atoms with Gasteiger partial charge in [0.2, 0.25) is 5.91 Å². The summed E-state index contributed by atoms with van der Waals surface area (Å²) in [7, 11) is 0. The normalized spacial score (nSPS) is 32.9. The molecule has 4 amide bonds. The van der Waals surface area contributed by atoms with Crippen molar-refractivity contribution in [2.24, 2.45) is 0 Å². The molecule has 3 aliphatic rings. The number of hydrogen-bond donors (Lipinski definition) is 1. The molecule has 0 unspecified atom stereocenters. The number of rotatable bonds is 2.